The van der Waals surface area contributed by atoms with Gasteiger partial charge in [-0.15, -0.1) is 0 Å². The molecule has 0 aliphatic carbocycles. The van der Waals surface area contributed by atoms with E-state index in [4.69, 9.17) is 14.7 Å². The first-order valence-electron chi connectivity index (χ1n) is 12.4. The Morgan fingerprint density at radius 3 is 2.61 bits per heavy atom. The van der Waals surface area contributed by atoms with Gasteiger partial charge in [-0.05, 0) is 50.5 Å². The van der Waals surface area contributed by atoms with Crippen molar-refractivity contribution in [3.63, 3.8) is 0 Å². The summed E-state index contributed by atoms with van der Waals surface area (Å²) in [6, 6.07) is 4.78. The predicted molar refractivity (Wildman–Crippen MR) is 134 cm³/mol. The first-order chi connectivity index (χ1) is 17.3. The number of imidazole rings is 1. The van der Waals surface area contributed by atoms with Crippen LogP contribution in [0.4, 0.5) is 4.39 Å². The molecule has 0 unspecified atom stereocenters. The first-order valence-corrected chi connectivity index (χ1v) is 12.4. The normalized spacial score (nSPS) is 18.8. The van der Waals surface area contributed by atoms with Gasteiger partial charge in [0.2, 0.25) is 5.91 Å². The second kappa shape index (κ2) is 8.51. The van der Waals surface area contributed by atoms with Crippen molar-refractivity contribution in [3.05, 3.63) is 53.5 Å². The van der Waals surface area contributed by atoms with Gasteiger partial charge in [0.1, 0.15) is 17.7 Å². The number of aryl methyl sites for hydroxylation is 2. The Kier molecular flexibility index (Phi) is 5.40. The van der Waals surface area contributed by atoms with E-state index in [9.17, 15) is 4.79 Å². The summed E-state index contributed by atoms with van der Waals surface area (Å²) in [5.41, 5.74) is 5.27. The van der Waals surface area contributed by atoms with Crippen molar-refractivity contribution in [1.29, 1.82) is 0 Å². The van der Waals surface area contributed by atoms with Gasteiger partial charge in [-0.1, -0.05) is 0 Å². The molecule has 1 fully saturated rings. The number of aromatic nitrogens is 5. The number of carbonyl (C=O) groups excluding carboxylic acids is 1. The highest BCUT2D eigenvalue weighted by Gasteiger charge is 2.36. The number of nitrogens with zero attached hydrogens (tertiary/aromatic N) is 6. The number of pyridine rings is 1. The number of hydrogen-bond acceptors (Lipinski definition) is 5. The summed E-state index contributed by atoms with van der Waals surface area (Å²) in [5.74, 6) is 0.714. The number of fused-ring (bicyclic) bond motifs is 2. The van der Waals surface area contributed by atoms with Gasteiger partial charge in [-0.3, -0.25) is 9.48 Å². The molecular weight excluding hydrogens is 459 g/mol. The molecule has 5 heterocycles. The topological polar surface area (TPSA) is 78.1 Å². The van der Waals surface area contributed by atoms with Crippen LogP contribution in [-0.4, -0.2) is 55.4 Å². The molecule has 0 N–H and O–H groups in total. The molecule has 9 heteroatoms. The molecule has 0 saturated carbocycles. The van der Waals surface area contributed by atoms with Crippen LogP contribution in [-0.2, 0) is 23.1 Å². The molecule has 36 heavy (non-hydrogen) atoms. The molecule has 4 aromatic rings. The van der Waals surface area contributed by atoms with Crippen LogP contribution in [0.25, 0.3) is 33.4 Å². The predicted octanol–water partition coefficient (Wildman–Crippen LogP) is 4.37. The Bertz CT molecular complexity index is 1500. The molecule has 0 radical (unpaired) electrons. The van der Waals surface area contributed by atoms with E-state index in [0.717, 1.165) is 41.2 Å². The fourth-order valence-electron chi connectivity index (χ4n) is 5.64. The lowest BCUT2D eigenvalue weighted by atomic mass is 9.98. The Labute approximate surface area is 208 Å². The fourth-order valence-corrected chi connectivity index (χ4v) is 5.64. The van der Waals surface area contributed by atoms with E-state index in [0.29, 0.717) is 41.9 Å². The minimum absolute atomic E-state index is 0.0387. The summed E-state index contributed by atoms with van der Waals surface area (Å²) in [6.45, 7) is 5.58. The van der Waals surface area contributed by atoms with Crippen LogP contribution in [0.2, 0.25) is 0 Å². The molecule has 2 aliphatic heterocycles. The summed E-state index contributed by atoms with van der Waals surface area (Å²) in [4.78, 5) is 24.6. The minimum atomic E-state index is -0.395. The summed E-state index contributed by atoms with van der Waals surface area (Å²) in [7, 11) is 3.66. The van der Waals surface area contributed by atoms with Crippen molar-refractivity contribution in [2.45, 2.75) is 45.2 Å². The van der Waals surface area contributed by atoms with E-state index >= 15 is 4.39 Å². The molecule has 0 bridgehead atoms. The lowest BCUT2D eigenvalue weighted by Crippen LogP contribution is -2.40. The van der Waals surface area contributed by atoms with Gasteiger partial charge >= 0.3 is 0 Å². The number of halogens is 1. The van der Waals surface area contributed by atoms with Crippen LogP contribution in [0.1, 0.15) is 48.8 Å². The van der Waals surface area contributed by atoms with Gasteiger partial charge in [0, 0.05) is 55.9 Å². The third-order valence-corrected chi connectivity index (χ3v) is 7.49. The lowest BCUT2D eigenvalue weighted by molar-refractivity contribution is -0.135. The van der Waals surface area contributed by atoms with Crippen LogP contribution >= 0.6 is 0 Å². The zero-order chi connectivity index (χ0) is 25.1. The van der Waals surface area contributed by atoms with Crippen molar-refractivity contribution < 1.29 is 13.9 Å². The van der Waals surface area contributed by atoms with Gasteiger partial charge in [0.15, 0.2) is 0 Å². The molecule has 1 saturated heterocycles. The average Bonchev–Trinajstić information content (AvgIpc) is 3.46. The van der Waals surface area contributed by atoms with Crippen molar-refractivity contribution in [2.75, 3.05) is 20.3 Å². The molecule has 0 spiro atoms. The van der Waals surface area contributed by atoms with Gasteiger partial charge < -0.3 is 14.2 Å². The first kappa shape index (κ1) is 22.8. The number of amides is 1. The molecule has 6 rings (SSSR count). The molecule has 1 amide bonds. The summed E-state index contributed by atoms with van der Waals surface area (Å²) in [5, 5.41) is 4.99. The SMILES string of the molecule is Cc1cc2c(-c3nc(C4CCOCC4)n4c3CN(C)C(=O)[C@@H]4C)c(F)ccc2nc1-c1cnn(C)c1. The third kappa shape index (κ3) is 3.52. The van der Waals surface area contributed by atoms with E-state index in [2.05, 4.69) is 9.67 Å². The van der Waals surface area contributed by atoms with E-state index < -0.39 is 6.04 Å². The summed E-state index contributed by atoms with van der Waals surface area (Å²) < 4.78 is 25.0. The number of carbonyl (C=O) groups is 1. The molecule has 2 aliphatic rings. The maximum Gasteiger partial charge on any atom is 0.245 e. The highest BCUT2D eigenvalue weighted by atomic mass is 19.1. The highest BCUT2D eigenvalue weighted by Crippen LogP contribution is 2.41. The highest BCUT2D eigenvalue weighted by molar-refractivity contribution is 5.97. The number of ether oxygens (including phenoxy) is 1. The standard InChI is InChI=1S/C27H29FN6O2/c1-15-11-19-21(30-24(15)18-12-29-33(4)13-18)6-5-20(28)23(19)25-22-14-32(3)27(35)16(2)34(22)26(31-25)17-7-9-36-10-8-17/h5-6,11-13,16-17H,7-10,14H2,1-4H3/t16-/m0/s1. The fraction of sp³-hybridized carbons (Fsp3) is 0.407. The van der Waals surface area contributed by atoms with Crippen LogP contribution in [0.3, 0.4) is 0 Å². The van der Waals surface area contributed by atoms with Gasteiger partial charge in [0.25, 0.3) is 0 Å². The average molecular weight is 489 g/mol. The second-order valence-corrected chi connectivity index (χ2v) is 9.94. The van der Waals surface area contributed by atoms with E-state index in [1.54, 1.807) is 28.9 Å². The van der Waals surface area contributed by atoms with Crippen LogP contribution in [0, 0.1) is 12.7 Å². The van der Waals surface area contributed by atoms with Crippen molar-refractivity contribution in [2.24, 2.45) is 7.05 Å². The molecule has 186 valence electrons. The van der Waals surface area contributed by atoms with Gasteiger partial charge in [-0.25, -0.2) is 14.4 Å². The quantitative estimate of drug-likeness (QED) is 0.428. The lowest BCUT2D eigenvalue weighted by Gasteiger charge is -2.32. The van der Waals surface area contributed by atoms with Crippen LogP contribution in [0.15, 0.2) is 30.6 Å². The number of benzene rings is 1. The second-order valence-electron chi connectivity index (χ2n) is 9.94. The molecule has 1 aromatic carbocycles. The Morgan fingerprint density at radius 1 is 1.11 bits per heavy atom. The molecule has 8 nitrogen and oxygen atoms in total. The maximum absolute atomic E-state index is 15.7. The zero-order valence-corrected chi connectivity index (χ0v) is 21.0. The van der Waals surface area contributed by atoms with Crippen molar-refractivity contribution >= 4 is 16.8 Å². The van der Waals surface area contributed by atoms with Gasteiger partial charge in [-0.2, -0.15) is 5.10 Å². The number of likely N-dealkylation sites (N-methyl/N-ethyl adjacent to an activating group) is 1. The molecular formula is C27H29FN6O2. The zero-order valence-electron chi connectivity index (χ0n) is 21.0. The van der Waals surface area contributed by atoms with Crippen LogP contribution in [0.5, 0.6) is 0 Å². The van der Waals surface area contributed by atoms with Gasteiger partial charge in [0.05, 0.1) is 35.3 Å². The van der Waals surface area contributed by atoms with E-state index in [-0.39, 0.29) is 17.6 Å². The van der Waals surface area contributed by atoms with E-state index in [1.807, 2.05) is 33.2 Å². The summed E-state index contributed by atoms with van der Waals surface area (Å²) >= 11 is 0. The number of hydrogen-bond donors (Lipinski definition) is 0. The van der Waals surface area contributed by atoms with Crippen LogP contribution < -0.4 is 0 Å². The largest absolute Gasteiger partial charge is 0.381 e. The molecule has 3 aromatic heterocycles. The smallest absolute Gasteiger partial charge is 0.245 e. The maximum atomic E-state index is 15.7. The third-order valence-electron chi connectivity index (χ3n) is 7.49. The molecule has 1 atom stereocenters. The Hall–Kier alpha value is -3.59. The summed E-state index contributed by atoms with van der Waals surface area (Å²) in [6.07, 6.45) is 5.37. The van der Waals surface area contributed by atoms with Crippen molar-refractivity contribution in [3.8, 4) is 22.5 Å². The van der Waals surface area contributed by atoms with E-state index in [1.165, 1.54) is 6.07 Å². The Balaban J connectivity index is 1.58. The minimum Gasteiger partial charge on any atom is -0.381 e. The number of rotatable bonds is 3. The monoisotopic (exact) mass is 488 g/mol. The van der Waals surface area contributed by atoms with Crippen molar-refractivity contribution in [1.82, 2.24) is 29.2 Å². The Morgan fingerprint density at radius 2 is 1.89 bits per heavy atom.